The van der Waals surface area contributed by atoms with E-state index in [0.29, 0.717) is 6.42 Å². The molecule has 1 fully saturated rings. The van der Waals surface area contributed by atoms with Gasteiger partial charge in [0.1, 0.15) is 11.6 Å². The summed E-state index contributed by atoms with van der Waals surface area (Å²) in [5.74, 6) is -1.06. The molecule has 2 atom stereocenters. The van der Waals surface area contributed by atoms with Crippen LogP contribution in [0, 0.1) is 11.6 Å². The summed E-state index contributed by atoms with van der Waals surface area (Å²) in [5.41, 5.74) is 5.66. The third-order valence-corrected chi connectivity index (χ3v) is 2.21. The third kappa shape index (κ3) is 1.81. The Morgan fingerprint density at radius 3 is 2.08 bits per heavy atom. The number of hydrogen-bond acceptors (Lipinski definition) is 1. The maximum absolute atomic E-state index is 13.0. The smallest absolute Gasteiger partial charge is 0.129 e. The summed E-state index contributed by atoms with van der Waals surface area (Å²) < 4.78 is 26.0. The first-order valence-electron chi connectivity index (χ1n) is 3.89. The Labute approximate surface area is 81.3 Å². The van der Waals surface area contributed by atoms with Gasteiger partial charge in [-0.15, -0.1) is 12.4 Å². The van der Waals surface area contributed by atoms with E-state index in [9.17, 15) is 8.78 Å². The van der Waals surface area contributed by atoms with Gasteiger partial charge in [-0.05, 0) is 18.6 Å². The zero-order chi connectivity index (χ0) is 8.72. The highest BCUT2D eigenvalue weighted by atomic mass is 35.5. The van der Waals surface area contributed by atoms with Crippen LogP contribution in [-0.4, -0.2) is 6.04 Å². The zero-order valence-electron chi connectivity index (χ0n) is 6.84. The Bertz CT molecular complexity index is 296. The number of benzene rings is 1. The summed E-state index contributed by atoms with van der Waals surface area (Å²) in [5, 5.41) is 0. The van der Waals surface area contributed by atoms with Crippen molar-refractivity contribution in [2.24, 2.45) is 5.73 Å². The summed E-state index contributed by atoms with van der Waals surface area (Å²) >= 11 is 0. The maximum atomic E-state index is 13.0. The second-order valence-corrected chi connectivity index (χ2v) is 3.14. The average molecular weight is 206 g/mol. The topological polar surface area (TPSA) is 26.0 Å². The van der Waals surface area contributed by atoms with Crippen LogP contribution in [0.25, 0.3) is 0 Å². The Morgan fingerprint density at radius 1 is 1.23 bits per heavy atom. The van der Waals surface area contributed by atoms with Crippen LogP contribution >= 0.6 is 12.4 Å². The first kappa shape index (κ1) is 10.4. The molecular formula is C9H10ClF2N. The minimum absolute atomic E-state index is 0. The first-order valence-corrected chi connectivity index (χ1v) is 3.89. The van der Waals surface area contributed by atoms with Crippen molar-refractivity contribution in [2.75, 3.05) is 0 Å². The summed E-state index contributed by atoms with van der Waals surface area (Å²) in [4.78, 5) is 0. The summed E-state index contributed by atoms with van der Waals surface area (Å²) in [6.07, 6.45) is 0.692. The lowest BCUT2D eigenvalue weighted by Crippen LogP contribution is -2.03. The van der Waals surface area contributed by atoms with Gasteiger partial charge in [0.2, 0.25) is 0 Å². The van der Waals surface area contributed by atoms with Gasteiger partial charge in [-0.25, -0.2) is 8.78 Å². The lowest BCUT2D eigenvalue weighted by molar-refractivity contribution is 0.555. The maximum Gasteiger partial charge on any atom is 0.129 e. The standard InChI is InChI=1S/C9H9F2N.ClH/c10-6-2-1-3-7(11)9(6)5-4-8(5)12;/h1-3,5,8H,4,12H2;1H/t5-,8-;/m1./s1. The molecule has 1 aliphatic carbocycles. The molecule has 1 nitrogen and oxygen atoms in total. The molecule has 1 aromatic carbocycles. The van der Waals surface area contributed by atoms with Crippen molar-refractivity contribution in [3.05, 3.63) is 35.4 Å². The lowest BCUT2D eigenvalue weighted by Gasteiger charge is -2.01. The molecule has 0 radical (unpaired) electrons. The molecule has 4 heteroatoms. The van der Waals surface area contributed by atoms with Gasteiger partial charge >= 0.3 is 0 Å². The van der Waals surface area contributed by atoms with Crippen LogP contribution in [0.3, 0.4) is 0 Å². The van der Waals surface area contributed by atoms with Crippen LogP contribution in [0.5, 0.6) is 0 Å². The number of halogens is 3. The van der Waals surface area contributed by atoms with Crippen LogP contribution < -0.4 is 5.73 Å². The van der Waals surface area contributed by atoms with Crippen LogP contribution in [0.4, 0.5) is 8.78 Å². The molecule has 0 spiro atoms. The minimum Gasteiger partial charge on any atom is -0.327 e. The first-order chi connectivity index (χ1) is 5.70. The van der Waals surface area contributed by atoms with E-state index in [4.69, 9.17) is 5.73 Å². The van der Waals surface area contributed by atoms with E-state index in [1.165, 1.54) is 18.2 Å². The van der Waals surface area contributed by atoms with E-state index < -0.39 is 11.6 Å². The van der Waals surface area contributed by atoms with Gasteiger partial charge in [0.05, 0.1) is 0 Å². The normalized spacial score (nSPS) is 25.2. The van der Waals surface area contributed by atoms with Crippen molar-refractivity contribution in [1.82, 2.24) is 0 Å². The van der Waals surface area contributed by atoms with Crippen molar-refractivity contribution in [2.45, 2.75) is 18.4 Å². The van der Waals surface area contributed by atoms with Gasteiger partial charge in [-0.1, -0.05) is 6.07 Å². The van der Waals surface area contributed by atoms with Gasteiger partial charge in [-0.2, -0.15) is 0 Å². The Kier molecular flexibility index (Phi) is 2.88. The van der Waals surface area contributed by atoms with E-state index in [-0.39, 0.29) is 29.9 Å². The largest absolute Gasteiger partial charge is 0.327 e. The fourth-order valence-corrected chi connectivity index (χ4v) is 1.41. The molecule has 1 aliphatic rings. The molecular weight excluding hydrogens is 196 g/mol. The lowest BCUT2D eigenvalue weighted by atomic mass is 10.1. The van der Waals surface area contributed by atoms with E-state index in [1.54, 1.807) is 0 Å². The molecule has 0 aliphatic heterocycles. The van der Waals surface area contributed by atoms with Crippen LogP contribution in [0.2, 0.25) is 0 Å². The summed E-state index contributed by atoms with van der Waals surface area (Å²) in [6.45, 7) is 0. The van der Waals surface area contributed by atoms with Gasteiger partial charge < -0.3 is 5.73 Å². The third-order valence-electron chi connectivity index (χ3n) is 2.21. The second-order valence-electron chi connectivity index (χ2n) is 3.14. The van der Waals surface area contributed by atoms with Gasteiger partial charge in [0.15, 0.2) is 0 Å². The molecule has 0 saturated heterocycles. The van der Waals surface area contributed by atoms with Gasteiger partial charge in [-0.3, -0.25) is 0 Å². The Morgan fingerprint density at radius 2 is 1.69 bits per heavy atom. The van der Waals surface area contributed by atoms with Crippen molar-refractivity contribution < 1.29 is 8.78 Å². The monoisotopic (exact) mass is 205 g/mol. The van der Waals surface area contributed by atoms with Gasteiger partial charge in [0, 0.05) is 17.5 Å². The van der Waals surface area contributed by atoms with Crippen molar-refractivity contribution >= 4 is 12.4 Å². The van der Waals surface area contributed by atoms with Crippen molar-refractivity contribution in [1.29, 1.82) is 0 Å². The SMILES string of the molecule is Cl.N[C@@H]1C[C@H]1c1c(F)cccc1F. The molecule has 2 rings (SSSR count). The van der Waals surface area contributed by atoms with E-state index in [0.717, 1.165) is 0 Å². The molecule has 0 amide bonds. The molecule has 0 unspecified atom stereocenters. The Hall–Kier alpha value is -0.670. The molecule has 2 N–H and O–H groups in total. The molecule has 0 aromatic heterocycles. The molecule has 0 heterocycles. The predicted octanol–water partition coefficient (Wildman–Crippen LogP) is 2.20. The minimum atomic E-state index is -0.479. The van der Waals surface area contributed by atoms with Gasteiger partial charge in [0.25, 0.3) is 0 Å². The Balaban J connectivity index is 0.000000845. The molecule has 1 saturated carbocycles. The van der Waals surface area contributed by atoms with Crippen LogP contribution in [0.15, 0.2) is 18.2 Å². The molecule has 0 bridgehead atoms. The highest BCUT2D eigenvalue weighted by molar-refractivity contribution is 5.85. The fraction of sp³-hybridized carbons (Fsp3) is 0.333. The van der Waals surface area contributed by atoms with E-state index in [1.807, 2.05) is 0 Å². The summed E-state index contributed by atoms with van der Waals surface area (Å²) in [6, 6.07) is 3.84. The van der Waals surface area contributed by atoms with Crippen LogP contribution in [0.1, 0.15) is 17.9 Å². The molecule has 72 valence electrons. The average Bonchev–Trinajstić information content (AvgIpc) is 2.67. The number of nitrogens with two attached hydrogens (primary N) is 1. The number of hydrogen-bond donors (Lipinski definition) is 1. The van der Waals surface area contributed by atoms with Crippen molar-refractivity contribution in [3.63, 3.8) is 0 Å². The highest BCUT2D eigenvalue weighted by Crippen LogP contribution is 2.41. The highest BCUT2D eigenvalue weighted by Gasteiger charge is 2.38. The molecule has 1 aromatic rings. The van der Waals surface area contributed by atoms with E-state index in [2.05, 4.69) is 0 Å². The zero-order valence-corrected chi connectivity index (χ0v) is 7.65. The fourth-order valence-electron chi connectivity index (χ4n) is 1.41. The quantitative estimate of drug-likeness (QED) is 0.748. The molecule has 13 heavy (non-hydrogen) atoms. The van der Waals surface area contributed by atoms with E-state index >= 15 is 0 Å². The van der Waals surface area contributed by atoms with Crippen molar-refractivity contribution in [3.8, 4) is 0 Å². The van der Waals surface area contributed by atoms with Crippen LogP contribution in [-0.2, 0) is 0 Å². The number of rotatable bonds is 1. The summed E-state index contributed by atoms with van der Waals surface area (Å²) in [7, 11) is 0. The second kappa shape index (κ2) is 3.60. The predicted molar refractivity (Wildman–Crippen MR) is 48.9 cm³/mol.